The molecule has 1 aliphatic carbocycles. The Labute approximate surface area is 165 Å². The van der Waals surface area contributed by atoms with Crippen molar-refractivity contribution >= 4 is 39.1 Å². The largest absolute Gasteiger partial charge is 0.487 e. The number of rotatable bonds is 6. The number of aromatic nitrogens is 1. The highest BCUT2D eigenvalue weighted by atomic mass is 35.5. The summed E-state index contributed by atoms with van der Waals surface area (Å²) in [5.41, 5.74) is 0.648. The van der Waals surface area contributed by atoms with Gasteiger partial charge in [-0.3, -0.25) is 9.78 Å². The smallest absolute Gasteiger partial charge is 0.267 e. The second-order valence-corrected chi connectivity index (χ2v) is 8.79. The number of pyridine rings is 1. The number of sulfonamides is 1. The van der Waals surface area contributed by atoms with E-state index in [1.165, 1.54) is 6.20 Å². The molecule has 6 nitrogen and oxygen atoms in total. The summed E-state index contributed by atoms with van der Waals surface area (Å²) in [5.74, 6) is -1.21. The summed E-state index contributed by atoms with van der Waals surface area (Å²) < 4.78 is 43.6. The third kappa shape index (κ3) is 5.09. The zero-order chi connectivity index (χ0) is 19.8. The first-order valence-corrected chi connectivity index (χ1v) is 10.6. The minimum Gasteiger partial charge on any atom is -0.487 e. The van der Waals surface area contributed by atoms with Gasteiger partial charge < -0.3 is 4.74 Å². The molecular weight excluding hydrogens is 418 g/mol. The Morgan fingerprint density at radius 1 is 1.30 bits per heavy atom. The molecule has 3 rings (SSSR count). The Morgan fingerprint density at radius 3 is 2.59 bits per heavy atom. The number of carbonyl (C=O) groups is 1. The van der Waals surface area contributed by atoms with Gasteiger partial charge in [-0.05, 0) is 25.0 Å². The number of benzene rings is 1. The fourth-order valence-corrected chi connectivity index (χ4v) is 3.40. The topological polar surface area (TPSA) is 85.4 Å². The number of nitrogens with one attached hydrogen (secondary N) is 1. The van der Waals surface area contributed by atoms with E-state index in [-0.39, 0.29) is 17.2 Å². The highest BCUT2D eigenvalue weighted by molar-refractivity contribution is 7.89. The number of hydrogen-bond acceptors (Lipinski definition) is 5. The molecule has 0 unspecified atom stereocenters. The van der Waals surface area contributed by atoms with E-state index < -0.39 is 27.3 Å². The Balaban J connectivity index is 1.73. The van der Waals surface area contributed by atoms with Crippen LogP contribution in [-0.4, -0.2) is 25.6 Å². The molecule has 1 fully saturated rings. The molecule has 1 saturated carbocycles. The molecule has 0 spiro atoms. The molecule has 1 aromatic carbocycles. The second kappa shape index (κ2) is 7.61. The highest BCUT2D eigenvalue weighted by Gasteiger charge is 2.27. The van der Waals surface area contributed by atoms with Gasteiger partial charge in [0.05, 0.1) is 28.7 Å². The average molecular weight is 433 g/mol. The predicted octanol–water partition coefficient (Wildman–Crippen LogP) is 3.67. The van der Waals surface area contributed by atoms with Crippen LogP contribution in [-0.2, 0) is 16.6 Å². The third-order valence-electron chi connectivity index (χ3n) is 3.86. The Hall–Kier alpha value is -1.90. The summed E-state index contributed by atoms with van der Waals surface area (Å²) >= 11 is 12.3. The van der Waals surface area contributed by atoms with E-state index in [0.717, 1.165) is 36.9 Å². The van der Waals surface area contributed by atoms with Gasteiger partial charge in [0.25, 0.3) is 5.91 Å². The lowest BCUT2D eigenvalue weighted by atomic mass is 10.1. The van der Waals surface area contributed by atoms with Crippen LogP contribution in [0.3, 0.4) is 0 Å². The monoisotopic (exact) mass is 432 g/mol. The van der Waals surface area contributed by atoms with Crippen LogP contribution in [0, 0.1) is 5.82 Å². The lowest BCUT2D eigenvalue weighted by molar-refractivity contribution is 0.0977. The van der Waals surface area contributed by atoms with Crippen molar-refractivity contribution in [2.45, 2.75) is 25.4 Å². The fourth-order valence-electron chi connectivity index (χ4n) is 2.42. The van der Waals surface area contributed by atoms with Crippen molar-refractivity contribution in [3.63, 3.8) is 0 Å². The van der Waals surface area contributed by atoms with E-state index in [4.69, 9.17) is 27.9 Å². The first kappa shape index (κ1) is 19.9. The molecule has 0 bridgehead atoms. The van der Waals surface area contributed by atoms with E-state index in [9.17, 15) is 17.6 Å². The molecule has 1 aliphatic rings. The molecule has 144 valence electrons. The van der Waals surface area contributed by atoms with Gasteiger partial charge >= 0.3 is 0 Å². The molecule has 10 heteroatoms. The minimum absolute atomic E-state index is 0.0590. The summed E-state index contributed by atoms with van der Waals surface area (Å²) in [6, 6.07) is 3.71. The fraction of sp³-hybridized carbons (Fsp3) is 0.294. The van der Waals surface area contributed by atoms with Crippen LogP contribution in [0.15, 0.2) is 24.4 Å². The number of nitrogens with zero attached hydrogens (tertiary/aromatic N) is 1. The van der Waals surface area contributed by atoms with Gasteiger partial charge in [-0.15, -0.1) is 0 Å². The van der Waals surface area contributed by atoms with Crippen LogP contribution < -0.4 is 9.46 Å². The van der Waals surface area contributed by atoms with Crippen molar-refractivity contribution < 1.29 is 22.3 Å². The number of amides is 1. The van der Waals surface area contributed by atoms with Gasteiger partial charge in [0.15, 0.2) is 0 Å². The number of carbonyl (C=O) groups excluding carboxylic acids is 1. The van der Waals surface area contributed by atoms with Crippen molar-refractivity contribution in [2.75, 3.05) is 6.26 Å². The predicted molar refractivity (Wildman–Crippen MR) is 99.3 cm³/mol. The molecule has 0 aliphatic heterocycles. The third-order valence-corrected chi connectivity index (χ3v) is 5.07. The summed E-state index contributed by atoms with van der Waals surface area (Å²) in [4.78, 5) is 16.1. The maximum absolute atomic E-state index is 14.2. The number of ether oxygens (including phenoxy) is 1. The van der Waals surface area contributed by atoms with E-state index in [1.807, 2.05) is 0 Å². The lowest BCUT2D eigenvalue weighted by Crippen LogP contribution is -2.30. The van der Waals surface area contributed by atoms with Crippen LogP contribution in [0.2, 0.25) is 10.0 Å². The lowest BCUT2D eigenvalue weighted by Gasteiger charge is -2.11. The van der Waals surface area contributed by atoms with Gasteiger partial charge in [-0.1, -0.05) is 23.2 Å². The van der Waals surface area contributed by atoms with E-state index in [1.54, 1.807) is 10.8 Å². The molecule has 0 atom stereocenters. The van der Waals surface area contributed by atoms with Crippen molar-refractivity contribution in [2.24, 2.45) is 0 Å². The second-order valence-electron chi connectivity index (χ2n) is 6.23. The zero-order valence-electron chi connectivity index (χ0n) is 14.1. The summed E-state index contributed by atoms with van der Waals surface area (Å²) in [6.45, 7) is -0.0789. The van der Waals surface area contributed by atoms with Crippen molar-refractivity contribution in [3.8, 4) is 5.75 Å². The SMILES string of the molecule is CS(=O)(=O)NC(=O)c1cc(Cl)c(COc2cnc(C3CC3)c(Cl)c2)cc1F. The van der Waals surface area contributed by atoms with Gasteiger partial charge in [0.1, 0.15) is 18.2 Å². The summed E-state index contributed by atoms with van der Waals surface area (Å²) in [5, 5.41) is 0.573. The summed E-state index contributed by atoms with van der Waals surface area (Å²) in [7, 11) is -3.82. The molecule has 0 saturated heterocycles. The Kier molecular flexibility index (Phi) is 5.60. The van der Waals surface area contributed by atoms with Gasteiger partial charge in [0.2, 0.25) is 10.0 Å². The van der Waals surface area contributed by atoms with Crippen LogP contribution in [0.25, 0.3) is 0 Å². The quantitative estimate of drug-likeness (QED) is 0.752. The van der Waals surface area contributed by atoms with E-state index in [0.29, 0.717) is 16.7 Å². The number of hydrogen-bond donors (Lipinski definition) is 1. The van der Waals surface area contributed by atoms with Crippen LogP contribution in [0.4, 0.5) is 4.39 Å². The Morgan fingerprint density at radius 2 is 2.00 bits per heavy atom. The van der Waals surface area contributed by atoms with Crippen LogP contribution in [0.5, 0.6) is 5.75 Å². The maximum atomic E-state index is 14.2. The maximum Gasteiger partial charge on any atom is 0.267 e. The standard InChI is InChI=1S/C17H15Cl2FN2O4S/c1-27(24,25)22-17(23)12-6-13(18)10(4-15(12)20)8-26-11-5-14(19)16(21-7-11)9-2-3-9/h4-7,9H,2-3,8H2,1H3,(H,22,23). The molecule has 1 amide bonds. The average Bonchev–Trinajstić information content (AvgIpc) is 3.38. The zero-order valence-corrected chi connectivity index (χ0v) is 16.5. The highest BCUT2D eigenvalue weighted by Crippen LogP contribution is 2.42. The molecule has 1 heterocycles. The normalized spacial score (nSPS) is 14.1. The van der Waals surface area contributed by atoms with Crippen LogP contribution >= 0.6 is 23.2 Å². The molecule has 1 aromatic heterocycles. The molecule has 27 heavy (non-hydrogen) atoms. The van der Waals surface area contributed by atoms with Crippen LogP contribution in [0.1, 0.15) is 40.4 Å². The van der Waals surface area contributed by atoms with Crippen molar-refractivity contribution in [3.05, 3.63) is 57.1 Å². The van der Waals surface area contributed by atoms with Crippen molar-refractivity contribution in [1.29, 1.82) is 0 Å². The molecular formula is C17H15Cl2FN2O4S. The van der Waals surface area contributed by atoms with Gasteiger partial charge in [-0.2, -0.15) is 0 Å². The first-order valence-electron chi connectivity index (χ1n) is 7.92. The van der Waals surface area contributed by atoms with E-state index in [2.05, 4.69) is 4.98 Å². The van der Waals surface area contributed by atoms with Gasteiger partial charge in [-0.25, -0.2) is 17.5 Å². The number of halogens is 3. The Bertz CT molecular complexity index is 1010. The summed E-state index contributed by atoms with van der Waals surface area (Å²) in [6.07, 6.45) is 4.47. The molecule has 1 N–H and O–H groups in total. The van der Waals surface area contributed by atoms with Gasteiger partial charge in [0, 0.05) is 22.6 Å². The van der Waals surface area contributed by atoms with Crippen molar-refractivity contribution in [1.82, 2.24) is 9.71 Å². The minimum atomic E-state index is -3.82. The molecule has 2 aromatic rings. The molecule has 0 radical (unpaired) electrons. The van der Waals surface area contributed by atoms with E-state index >= 15 is 0 Å². The first-order chi connectivity index (χ1) is 12.6.